The summed E-state index contributed by atoms with van der Waals surface area (Å²) in [5, 5.41) is 0. The lowest BCUT2D eigenvalue weighted by atomic mass is 9.87. The maximum Gasteiger partial charge on any atom is 0.0223 e. The number of halogens is 1. The molecule has 2 heteroatoms. The zero-order valence-corrected chi connectivity index (χ0v) is 11.2. The lowest BCUT2D eigenvalue weighted by molar-refractivity contribution is 0.139. The fourth-order valence-corrected chi connectivity index (χ4v) is 1.68. The Morgan fingerprint density at radius 1 is 1.14 bits per heavy atom. The fourth-order valence-electron chi connectivity index (χ4n) is 1.49. The van der Waals surface area contributed by atoms with Gasteiger partial charge in [-0.2, -0.15) is 0 Å². The molecule has 0 aromatic carbocycles. The van der Waals surface area contributed by atoms with E-state index in [0.29, 0.717) is 11.5 Å². The number of hydrogen-bond acceptors (Lipinski definition) is 1. The Labute approximate surface area is 94.8 Å². The Hall–Kier alpha value is 0.250. The number of alkyl halides is 1. The molecule has 0 aliphatic rings. The van der Waals surface area contributed by atoms with Crippen molar-refractivity contribution in [3.05, 3.63) is 0 Å². The maximum atomic E-state index is 5.64. The average molecular weight is 220 g/mol. The smallest absolute Gasteiger partial charge is 0.0223 e. The van der Waals surface area contributed by atoms with E-state index in [-0.39, 0.29) is 0 Å². The highest BCUT2D eigenvalue weighted by molar-refractivity contribution is 6.17. The van der Waals surface area contributed by atoms with E-state index < -0.39 is 0 Å². The van der Waals surface area contributed by atoms with Gasteiger partial charge in [-0.05, 0) is 38.8 Å². The quantitative estimate of drug-likeness (QED) is 0.486. The van der Waals surface area contributed by atoms with Crippen LogP contribution in [0.4, 0.5) is 0 Å². The normalized spacial score (nSPS) is 14.8. The van der Waals surface area contributed by atoms with E-state index in [2.05, 4.69) is 39.6 Å². The van der Waals surface area contributed by atoms with E-state index in [0.717, 1.165) is 12.3 Å². The van der Waals surface area contributed by atoms with Crippen molar-refractivity contribution in [1.82, 2.24) is 4.90 Å². The zero-order valence-electron chi connectivity index (χ0n) is 10.4. The van der Waals surface area contributed by atoms with Gasteiger partial charge in [0.15, 0.2) is 0 Å². The van der Waals surface area contributed by atoms with Gasteiger partial charge in [0.05, 0.1) is 0 Å². The van der Waals surface area contributed by atoms with Gasteiger partial charge in [-0.25, -0.2) is 0 Å². The minimum Gasteiger partial charge on any atom is -0.303 e. The summed E-state index contributed by atoms with van der Waals surface area (Å²) in [5.74, 6) is 0.804. The summed E-state index contributed by atoms with van der Waals surface area (Å²) in [4.78, 5) is 2.45. The molecule has 0 amide bonds. The lowest BCUT2D eigenvalue weighted by Crippen LogP contribution is -2.39. The second-order valence-corrected chi connectivity index (χ2v) is 5.65. The van der Waals surface area contributed by atoms with Gasteiger partial charge in [0, 0.05) is 11.9 Å². The Morgan fingerprint density at radius 2 is 1.71 bits per heavy atom. The molecule has 0 saturated heterocycles. The molecule has 0 rings (SSSR count). The Bertz CT molecular complexity index is 140. The minimum atomic E-state index is 0.376. The molecule has 1 atom stereocenters. The van der Waals surface area contributed by atoms with Gasteiger partial charge in [-0.1, -0.05) is 27.2 Å². The van der Waals surface area contributed by atoms with Crippen molar-refractivity contribution < 1.29 is 0 Å². The molecule has 0 radical (unpaired) electrons. The first kappa shape index (κ1) is 14.2. The molecule has 14 heavy (non-hydrogen) atoms. The van der Waals surface area contributed by atoms with E-state index in [4.69, 9.17) is 11.6 Å². The Balaban J connectivity index is 3.68. The van der Waals surface area contributed by atoms with Gasteiger partial charge in [0.25, 0.3) is 0 Å². The molecular formula is C12H26ClN. The molecule has 0 aliphatic heterocycles. The number of nitrogens with zero attached hydrogens (tertiary/aromatic N) is 1. The highest BCUT2D eigenvalue weighted by atomic mass is 35.5. The summed E-state index contributed by atoms with van der Waals surface area (Å²) in [5.41, 5.74) is 0.376. The van der Waals surface area contributed by atoms with Crippen LogP contribution < -0.4 is 0 Å². The molecule has 0 saturated carbocycles. The van der Waals surface area contributed by atoms with Crippen LogP contribution in [0, 0.1) is 5.41 Å². The highest BCUT2D eigenvalue weighted by Gasteiger charge is 2.23. The van der Waals surface area contributed by atoms with Gasteiger partial charge >= 0.3 is 0 Å². The number of hydrogen-bond donors (Lipinski definition) is 0. The molecule has 1 unspecified atom stereocenters. The van der Waals surface area contributed by atoms with Crippen molar-refractivity contribution in [3.8, 4) is 0 Å². The summed E-state index contributed by atoms with van der Waals surface area (Å²) in [7, 11) is 2.22. The molecule has 0 N–H and O–H groups in total. The number of rotatable bonds is 6. The van der Waals surface area contributed by atoms with Gasteiger partial charge < -0.3 is 4.90 Å². The monoisotopic (exact) mass is 219 g/mol. The summed E-state index contributed by atoms with van der Waals surface area (Å²) in [6, 6.07) is 0.638. The van der Waals surface area contributed by atoms with Crippen LogP contribution in [0.2, 0.25) is 0 Å². The molecular weight excluding hydrogens is 194 g/mol. The molecule has 0 heterocycles. The molecule has 0 bridgehead atoms. The third kappa shape index (κ3) is 5.87. The first-order valence-electron chi connectivity index (χ1n) is 5.65. The third-order valence-corrected chi connectivity index (χ3v) is 3.33. The topological polar surface area (TPSA) is 3.24 Å². The first-order valence-corrected chi connectivity index (χ1v) is 6.19. The molecule has 0 spiro atoms. The molecule has 0 aromatic heterocycles. The third-order valence-electron chi connectivity index (χ3n) is 3.06. The van der Waals surface area contributed by atoms with Crippen LogP contribution in [0.5, 0.6) is 0 Å². The van der Waals surface area contributed by atoms with E-state index in [1.54, 1.807) is 0 Å². The summed E-state index contributed by atoms with van der Waals surface area (Å²) in [6.45, 7) is 10.4. The summed E-state index contributed by atoms with van der Waals surface area (Å²) < 4.78 is 0. The van der Waals surface area contributed by atoms with Crippen LogP contribution in [0.3, 0.4) is 0 Å². The minimum absolute atomic E-state index is 0.376. The van der Waals surface area contributed by atoms with Crippen molar-refractivity contribution in [3.63, 3.8) is 0 Å². The molecule has 0 fully saturated rings. The molecule has 86 valence electrons. The Morgan fingerprint density at radius 3 is 2.14 bits per heavy atom. The van der Waals surface area contributed by atoms with E-state index in [1.807, 2.05) is 0 Å². The van der Waals surface area contributed by atoms with Crippen LogP contribution >= 0.6 is 11.6 Å². The van der Waals surface area contributed by atoms with E-state index in [1.165, 1.54) is 19.4 Å². The van der Waals surface area contributed by atoms with Gasteiger partial charge in [0.2, 0.25) is 0 Å². The van der Waals surface area contributed by atoms with Crippen molar-refractivity contribution in [2.75, 3.05) is 19.5 Å². The second-order valence-electron chi connectivity index (χ2n) is 5.27. The standard InChI is InChI=1S/C12H26ClN/c1-11(12(2,3)4)14(5)10-8-6-7-9-13/h11H,6-10H2,1-5H3. The van der Waals surface area contributed by atoms with Crippen molar-refractivity contribution in [2.45, 2.75) is 53.0 Å². The van der Waals surface area contributed by atoms with Crippen molar-refractivity contribution in [1.29, 1.82) is 0 Å². The SMILES string of the molecule is CC(N(C)CCCCCCl)C(C)(C)C. The van der Waals surface area contributed by atoms with E-state index in [9.17, 15) is 0 Å². The fraction of sp³-hybridized carbons (Fsp3) is 1.00. The lowest BCUT2D eigenvalue weighted by Gasteiger charge is -2.35. The molecule has 0 aromatic rings. The van der Waals surface area contributed by atoms with Crippen LogP contribution in [0.15, 0.2) is 0 Å². The van der Waals surface area contributed by atoms with Crippen LogP contribution in [0.25, 0.3) is 0 Å². The maximum absolute atomic E-state index is 5.64. The first-order chi connectivity index (χ1) is 6.39. The van der Waals surface area contributed by atoms with E-state index >= 15 is 0 Å². The predicted octanol–water partition coefficient (Wildman–Crippen LogP) is 3.76. The Kier molecular flexibility index (Phi) is 6.80. The van der Waals surface area contributed by atoms with Crippen LogP contribution in [0.1, 0.15) is 47.0 Å². The highest BCUT2D eigenvalue weighted by Crippen LogP contribution is 2.23. The molecule has 1 nitrogen and oxygen atoms in total. The van der Waals surface area contributed by atoms with Gasteiger partial charge in [-0.15, -0.1) is 11.6 Å². The summed E-state index contributed by atoms with van der Waals surface area (Å²) in [6.07, 6.45) is 3.67. The predicted molar refractivity (Wildman–Crippen MR) is 66.1 cm³/mol. The van der Waals surface area contributed by atoms with Crippen LogP contribution in [-0.4, -0.2) is 30.4 Å². The van der Waals surface area contributed by atoms with Crippen molar-refractivity contribution in [2.24, 2.45) is 5.41 Å². The zero-order chi connectivity index (χ0) is 11.2. The summed E-state index contributed by atoms with van der Waals surface area (Å²) >= 11 is 5.64. The largest absolute Gasteiger partial charge is 0.303 e. The second kappa shape index (κ2) is 6.68. The molecule has 0 aliphatic carbocycles. The van der Waals surface area contributed by atoms with Gasteiger partial charge in [0.1, 0.15) is 0 Å². The van der Waals surface area contributed by atoms with Crippen LogP contribution in [-0.2, 0) is 0 Å². The number of unbranched alkanes of at least 4 members (excludes halogenated alkanes) is 2. The average Bonchev–Trinajstić information content (AvgIpc) is 2.09. The van der Waals surface area contributed by atoms with Crippen molar-refractivity contribution >= 4 is 11.6 Å². The van der Waals surface area contributed by atoms with Gasteiger partial charge in [-0.3, -0.25) is 0 Å².